The van der Waals surface area contributed by atoms with Crippen molar-refractivity contribution < 1.29 is 19.1 Å². The minimum atomic E-state index is -1.46. The smallest absolute Gasteiger partial charge is 0.251 e. The maximum absolute atomic E-state index is 14.9. The normalized spacial score (nSPS) is 28.4. The van der Waals surface area contributed by atoms with Crippen LogP contribution in [0, 0.1) is 19.8 Å². The van der Waals surface area contributed by atoms with Crippen LogP contribution in [0.4, 0.5) is 11.4 Å². The molecule has 2 saturated heterocycles. The van der Waals surface area contributed by atoms with E-state index in [1.54, 1.807) is 12.1 Å². The summed E-state index contributed by atoms with van der Waals surface area (Å²) in [7, 11) is 0. The Hall–Kier alpha value is -3.97. The first-order chi connectivity index (χ1) is 18.9. The molecule has 0 bridgehead atoms. The van der Waals surface area contributed by atoms with Crippen LogP contribution in [-0.4, -0.2) is 41.7 Å². The molecule has 4 atom stereocenters. The van der Waals surface area contributed by atoms with Gasteiger partial charge in [0.05, 0.1) is 18.1 Å². The molecule has 39 heavy (non-hydrogen) atoms. The lowest BCUT2D eigenvalue weighted by Gasteiger charge is -2.43. The number of nitrogens with one attached hydrogen (secondary N) is 2. The molecule has 2 fully saturated rings. The first-order valence-electron chi connectivity index (χ1n) is 13.7. The summed E-state index contributed by atoms with van der Waals surface area (Å²) in [6.07, 6.45) is 1.57. The highest BCUT2D eigenvalue weighted by Crippen LogP contribution is 2.68. The van der Waals surface area contributed by atoms with Gasteiger partial charge in [-0.3, -0.25) is 19.3 Å². The van der Waals surface area contributed by atoms with Crippen molar-refractivity contribution in [3.05, 3.63) is 88.5 Å². The number of hydrogen-bond acceptors (Lipinski definition) is 5. The molecular formula is C32H31N3O4. The van der Waals surface area contributed by atoms with Gasteiger partial charge in [-0.15, -0.1) is 0 Å². The number of nitrogens with zero attached hydrogens (tertiary/aromatic N) is 1. The minimum absolute atomic E-state index is 0.162. The third kappa shape index (κ3) is 2.73. The number of fused-ring (bicyclic) bond motifs is 7. The van der Waals surface area contributed by atoms with Crippen LogP contribution in [0.1, 0.15) is 52.4 Å². The van der Waals surface area contributed by atoms with Crippen LogP contribution >= 0.6 is 0 Å². The largest absolute Gasteiger partial charge is 0.493 e. The van der Waals surface area contributed by atoms with Crippen LogP contribution < -0.4 is 15.4 Å². The molecule has 0 aromatic heterocycles. The van der Waals surface area contributed by atoms with Gasteiger partial charge in [0.2, 0.25) is 5.91 Å². The van der Waals surface area contributed by atoms with Crippen molar-refractivity contribution in [1.29, 1.82) is 0 Å². The highest BCUT2D eigenvalue weighted by molar-refractivity contribution is 6.21. The highest BCUT2D eigenvalue weighted by atomic mass is 16.5. The quantitative estimate of drug-likeness (QED) is 0.486. The van der Waals surface area contributed by atoms with E-state index >= 15 is 0 Å². The van der Waals surface area contributed by atoms with Gasteiger partial charge in [-0.25, -0.2) is 0 Å². The van der Waals surface area contributed by atoms with Crippen LogP contribution in [0.5, 0.6) is 5.75 Å². The molecule has 3 aromatic carbocycles. The number of benzene rings is 3. The molecule has 0 radical (unpaired) electrons. The number of carbonyl (C=O) groups is 3. The Bertz CT molecular complexity index is 1580. The highest BCUT2D eigenvalue weighted by Gasteiger charge is 2.81. The maximum Gasteiger partial charge on any atom is 0.251 e. The molecule has 7 rings (SSSR count). The zero-order valence-corrected chi connectivity index (χ0v) is 22.3. The number of carbonyl (C=O) groups excluding carboxylic acids is 3. The summed E-state index contributed by atoms with van der Waals surface area (Å²) in [6.45, 7) is 6.94. The number of Topliss-reactive ketones (excluding diaryl/α,β-unsaturated/α-hetero) is 1. The summed E-state index contributed by atoms with van der Waals surface area (Å²) in [5.74, 6) is -0.988. The molecule has 2 N–H and O–H groups in total. The minimum Gasteiger partial charge on any atom is -0.493 e. The Kier molecular flexibility index (Phi) is 5.11. The topological polar surface area (TPSA) is 87.7 Å². The van der Waals surface area contributed by atoms with Crippen LogP contribution in [0.2, 0.25) is 0 Å². The second kappa shape index (κ2) is 8.26. The Morgan fingerprint density at radius 1 is 0.974 bits per heavy atom. The van der Waals surface area contributed by atoms with Crippen LogP contribution in [0.25, 0.3) is 0 Å². The van der Waals surface area contributed by atoms with E-state index < -0.39 is 16.9 Å². The number of rotatable bonds is 4. The second-order valence-electron chi connectivity index (χ2n) is 11.1. The van der Waals surface area contributed by atoms with Crippen molar-refractivity contribution in [3.63, 3.8) is 0 Å². The van der Waals surface area contributed by atoms with Gasteiger partial charge < -0.3 is 15.4 Å². The standard InChI is InChI=1S/C32H31N3O4/c1-4-39-25-14-8-5-10-20(25)28(36)26-24-13-9-17-35(24)32(22-16-15-18(2)19(3)27(22)34-30(32)38)31(26)21-11-6-7-12-23(21)33-29(31)37/h5-8,10-12,14-16,24,26H,4,9,13,17H2,1-3H3,(H,33,37)(H,34,38)/t24-,26-,31-,32+/m0/s1. The summed E-state index contributed by atoms with van der Waals surface area (Å²) in [6, 6.07) is 18.5. The van der Waals surface area contributed by atoms with Crippen LogP contribution in [0.15, 0.2) is 60.7 Å². The molecule has 7 heteroatoms. The van der Waals surface area contributed by atoms with Crippen molar-refractivity contribution >= 4 is 29.0 Å². The maximum atomic E-state index is 14.9. The number of ether oxygens (including phenoxy) is 1. The second-order valence-corrected chi connectivity index (χ2v) is 11.1. The third-order valence-corrected chi connectivity index (χ3v) is 9.54. The molecule has 2 spiro atoms. The average Bonchev–Trinajstić information content (AvgIpc) is 3.65. The number of anilines is 2. The monoisotopic (exact) mass is 521 g/mol. The third-order valence-electron chi connectivity index (χ3n) is 9.54. The van der Waals surface area contributed by atoms with Gasteiger partial charge in [0.1, 0.15) is 16.7 Å². The predicted molar refractivity (Wildman–Crippen MR) is 148 cm³/mol. The molecule has 4 aliphatic heterocycles. The summed E-state index contributed by atoms with van der Waals surface area (Å²) in [4.78, 5) is 46.2. The fraction of sp³-hybridized carbons (Fsp3) is 0.344. The molecule has 4 heterocycles. The van der Waals surface area contributed by atoms with Gasteiger partial charge in [-0.2, -0.15) is 0 Å². The van der Waals surface area contributed by atoms with Crippen molar-refractivity contribution in [1.82, 2.24) is 4.90 Å². The molecule has 198 valence electrons. The Morgan fingerprint density at radius 3 is 2.56 bits per heavy atom. The van der Waals surface area contributed by atoms with Crippen molar-refractivity contribution in [2.24, 2.45) is 5.92 Å². The van der Waals surface area contributed by atoms with Gasteiger partial charge >= 0.3 is 0 Å². The molecule has 4 aliphatic rings. The zero-order chi connectivity index (χ0) is 27.1. The number of hydrogen-bond donors (Lipinski definition) is 2. The van der Waals surface area contributed by atoms with Crippen LogP contribution in [0.3, 0.4) is 0 Å². The molecule has 0 unspecified atom stereocenters. The molecule has 2 amide bonds. The van der Waals surface area contributed by atoms with Gasteiger partial charge in [0, 0.05) is 23.0 Å². The first kappa shape index (κ1) is 24.1. The van der Waals surface area contributed by atoms with Gasteiger partial charge in [0.25, 0.3) is 5.91 Å². The van der Waals surface area contributed by atoms with Gasteiger partial charge in [0.15, 0.2) is 5.78 Å². The number of ketones is 1. The van der Waals surface area contributed by atoms with E-state index in [4.69, 9.17) is 4.74 Å². The SMILES string of the molecule is CCOc1ccccc1C(=O)[C@@H]1[C@@H]2CCCN2[C@]2(C(=O)Nc3c2ccc(C)c3C)[C@]12C(=O)Nc1ccccc12. The molecule has 3 aromatic rings. The summed E-state index contributed by atoms with van der Waals surface area (Å²) < 4.78 is 5.89. The molecule has 0 aliphatic carbocycles. The summed E-state index contributed by atoms with van der Waals surface area (Å²) in [5, 5.41) is 6.28. The van der Waals surface area contributed by atoms with E-state index in [-0.39, 0.29) is 23.6 Å². The van der Waals surface area contributed by atoms with E-state index in [2.05, 4.69) is 15.5 Å². The average molecular weight is 522 g/mol. The van der Waals surface area contributed by atoms with E-state index in [1.807, 2.05) is 69.3 Å². The molecule has 0 saturated carbocycles. The Labute approximate surface area is 227 Å². The first-order valence-corrected chi connectivity index (χ1v) is 13.7. The van der Waals surface area contributed by atoms with Crippen molar-refractivity contribution in [2.45, 2.75) is 50.6 Å². The van der Waals surface area contributed by atoms with E-state index in [0.29, 0.717) is 35.7 Å². The van der Waals surface area contributed by atoms with E-state index in [9.17, 15) is 14.4 Å². The zero-order valence-electron chi connectivity index (χ0n) is 22.3. The van der Waals surface area contributed by atoms with Crippen molar-refractivity contribution in [3.8, 4) is 5.75 Å². The molecule has 7 nitrogen and oxygen atoms in total. The lowest BCUT2D eigenvalue weighted by molar-refractivity contribution is -0.137. The number of para-hydroxylation sites is 2. The van der Waals surface area contributed by atoms with Gasteiger partial charge in [-0.05, 0) is 75.0 Å². The fourth-order valence-corrected chi connectivity index (χ4v) is 8.01. The van der Waals surface area contributed by atoms with Crippen molar-refractivity contribution in [2.75, 3.05) is 23.8 Å². The van der Waals surface area contributed by atoms with E-state index in [1.165, 1.54) is 0 Å². The van der Waals surface area contributed by atoms with Gasteiger partial charge in [-0.1, -0.05) is 42.5 Å². The summed E-state index contributed by atoms with van der Waals surface area (Å²) in [5.41, 5.74) is 2.57. The number of amides is 2. The predicted octanol–water partition coefficient (Wildman–Crippen LogP) is 4.72. The fourth-order valence-electron chi connectivity index (χ4n) is 8.01. The summed E-state index contributed by atoms with van der Waals surface area (Å²) >= 11 is 0. The lowest BCUT2D eigenvalue weighted by atomic mass is 9.57. The van der Waals surface area contributed by atoms with Crippen LogP contribution in [-0.2, 0) is 20.5 Å². The lowest BCUT2D eigenvalue weighted by Crippen LogP contribution is -2.62. The Balaban J connectivity index is 1.58. The molecular weight excluding hydrogens is 490 g/mol. The van der Waals surface area contributed by atoms with E-state index in [0.717, 1.165) is 35.2 Å². The Morgan fingerprint density at radius 2 is 1.74 bits per heavy atom. The number of aryl methyl sites for hydroxylation is 1.